The lowest BCUT2D eigenvalue weighted by atomic mass is 15.9. The topological polar surface area (TPSA) is 55.3 Å². The molecule has 32 valence electrons. The fourth-order valence-electron chi connectivity index (χ4n) is 0. The third-order valence-electron chi connectivity index (χ3n) is 0.0476. The van der Waals surface area contributed by atoms with Gasteiger partial charge in [-0.2, -0.15) is 0 Å². The zero-order valence-electron chi connectivity index (χ0n) is 1.98. The minimum absolute atomic E-state index is 2.23. The van der Waals surface area contributed by atoms with Crippen LogP contribution < -0.4 is 8.40 Å². The molecule has 0 aliphatic heterocycles. The lowest BCUT2D eigenvalue weighted by Crippen LogP contribution is -2.31. The highest BCUT2D eigenvalue weighted by atomic mass is 80.0. The van der Waals surface area contributed by atoms with E-state index in [-0.39, 0.29) is 0 Å². The van der Waals surface area contributed by atoms with Gasteiger partial charge in [0.25, 0.3) is 0 Å². The second-order valence-corrected chi connectivity index (χ2v) is 2.56. The minimum Gasteiger partial charge on any atom is -0.371 e. The van der Waals surface area contributed by atoms with E-state index in [2.05, 4.69) is 19.2 Å². The molecule has 0 spiro atoms. The SMILES string of the molecule is [O-][Br+2]([O-])OBr. The zero-order chi connectivity index (χ0) is 4.28. The van der Waals surface area contributed by atoms with Gasteiger partial charge in [-0.05, 0) is 0 Å². The summed E-state index contributed by atoms with van der Waals surface area (Å²) in [5.41, 5.74) is 0. The van der Waals surface area contributed by atoms with Crippen LogP contribution in [0.25, 0.3) is 0 Å². The quantitative estimate of drug-likeness (QED) is 0.521. The van der Waals surface area contributed by atoms with Crippen LogP contribution in [0.1, 0.15) is 0 Å². The van der Waals surface area contributed by atoms with E-state index in [4.69, 9.17) is 0 Å². The van der Waals surface area contributed by atoms with Gasteiger partial charge < -0.3 is 8.40 Å². The molecule has 0 aromatic carbocycles. The Morgan fingerprint density at radius 3 is 1.80 bits per heavy atom. The van der Waals surface area contributed by atoms with Gasteiger partial charge >= 0.3 is 14.8 Å². The Labute approximate surface area is 42.8 Å². The summed E-state index contributed by atoms with van der Waals surface area (Å²) < 4.78 is 21.9. The van der Waals surface area contributed by atoms with Crippen LogP contribution >= 0.6 is 16.3 Å². The smallest absolute Gasteiger partial charge is 0.371 e. The van der Waals surface area contributed by atoms with Crippen molar-refractivity contribution in [3.8, 4) is 0 Å². The molecular weight excluding hydrogens is 208 g/mol. The first-order chi connectivity index (χ1) is 2.27. The molecule has 0 radical (unpaired) electrons. The van der Waals surface area contributed by atoms with E-state index in [1.54, 1.807) is 0 Å². The summed E-state index contributed by atoms with van der Waals surface area (Å²) in [4.78, 5) is 0. The summed E-state index contributed by atoms with van der Waals surface area (Å²) in [5, 5.41) is 0. The lowest BCUT2D eigenvalue weighted by Gasteiger charge is -1.75. The van der Waals surface area contributed by atoms with E-state index >= 15 is 0 Å². The molecule has 0 N–H and O–H groups in total. The molecule has 0 amide bonds. The van der Waals surface area contributed by atoms with E-state index in [1.807, 2.05) is 0 Å². The fourth-order valence-corrected chi connectivity index (χ4v) is 0. The monoisotopic (exact) mass is 206 g/mol. The van der Waals surface area contributed by atoms with Crippen molar-refractivity contribution in [2.75, 3.05) is 0 Å². The van der Waals surface area contributed by atoms with E-state index in [1.165, 1.54) is 0 Å². The maximum absolute atomic E-state index is 9.18. The van der Waals surface area contributed by atoms with Crippen LogP contribution in [-0.2, 0) is 2.92 Å². The summed E-state index contributed by atoms with van der Waals surface area (Å²) in [6.45, 7) is 0. The molecule has 0 aromatic heterocycles. The highest BCUT2D eigenvalue weighted by Crippen LogP contribution is 1.82. The van der Waals surface area contributed by atoms with Crippen LogP contribution in [-0.4, -0.2) is 0 Å². The number of hydrogen-bond acceptors (Lipinski definition) is 3. The van der Waals surface area contributed by atoms with E-state index in [0.717, 1.165) is 0 Å². The zero-order valence-corrected chi connectivity index (χ0v) is 5.15. The molecule has 0 aliphatic carbocycles. The molecule has 0 aromatic rings. The molecule has 0 saturated heterocycles. The van der Waals surface area contributed by atoms with Crippen molar-refractivity contribution in [3.05, 3.63) is 0 Å². The summed E-state index contributed by atoms with van der Waals surface area (Å²) in [5.74, 6) is 0. The highest BCUT2D eigenvalue weighted by molar-refractivity contribution is 9.05. The van der Waals surface area contributed by atoms with Crippen molar-refractivity contribution in [1.82, 2.24) is 0 Å². The van der Waals surface area contributed by atoms with Crippen molar-refractivity contribution in [1.29, 1.82) is 0 Å². The van der Waals surface area contributed by atoms with Gasteiger partial charge in [0.15, 0.2) is 0 Å². The summed E-state index contributed by atoms with van der Waals surface area (Å²) >= 11 is -0.740. The first-order valence-electron chi connectivity index (χ1n) is 0.617. The van der Waals surface area contributed by atoms with E-state index in [0.29, 0.717) is 0 Å². The first-order valence-corrected chi connectivity index (χ1v) is 3.21. The third kappa shape index (κ3) is 4.84. The van der Waals surface area contributed by atoms with Gasteiger partial charge in [-0.25, -0.2) is 0 Å². The number of halogens is 2. The molecule has 5 heavy (non-hydrogen) atoms. The standard InChI is InChI=1S/Br2O3/c1-5-2(3)4. The number of rotatable bonds is 1. The molecule has 0 fully saturated rings. The van der Waals surface area contributed by atoms with Gasteiger partial charge in [0, 0.05) is 0 Å². The Bertz CT molecular complexity index is 18.9. The van der Waals surface area contributed by atoms with Crippen LogP contribution in [0.4, 0.5) is 0 Å². The predicted molar refractivity (Wildman–Crippen MR) is 10.0 cm³/mol. The van der Waals surface area contributed by atoms with Crippen molar-refractivity contribution in [2.45, 2.75) is 0 Å². The van der Waals surface area contributed by atoms with Crippen LogP contribution in [0.15, 0.2) is 0 Å². The van der Waals surface area contributed by atoms with Gasteiger partial charge in [-0.15, -0.1) is 0 Å². The van der Waals surface area contributed by atoms with Crippen LogP contribution in [0.3, 0.4) is 0 Å². The third-order valence-corrected chi connectivity index (χ3v) is 1.29. The first kappa shape index (κ1) is 5.84. The Morgan fingerprint density at radius 2 is 1.80 bits per heavy atom. The van der Waals surface area contributed by atoms with Crippen LogP contribution in [0, 0.1) is 14.8 Å². The molecule has 0 rings (SSSR count). The molecule has 5 heteroatoms. The molecule has 0 unspecified atom stereocenters. The maximum Gasteiger partial charge on any atom is 0.453 e. The second-order valence-electron chi connectivity index (χ2n) is 0.247. The van der Waals surface area contributed by atoms with Crippen LogP contribution in [0.2, 0.25) is 0 Å². The molecule has 0 aliphatic rings. The normalized spacial score (nSPS) is 9.60. The second kappa shape index (κ2) is 3.05. The van der Waals surface area contributed by atoms with Crippen molar-refractivity contribution in [3.63, 3.8) is 0 Å². The average Bonchev–Trinajstić information content (AvgIpc) is 1.38. The highest BCUT2D eigenvalue weighted by Gasteiger charge is 2.01. The molecule has 0 heterocycles. The van der Waals surface area contributed by atoms with E-state index in [9.17, 15) is 8.40 Å². The number of hydrogen-bond donors (Lipinski definition) is 0. The van der Waals surface area contributed by atoms with Crippen LogP contribution in [0.5, 0.6) is 0 Å². The van der Waals surface area contributed by atoms with Crippen molar-refractivity contribution >= 4 is 16.3 Å². The Hall–Kier alpha value is 0.840. The Balaban J connectivity index is 2.54. The maximum atomic E-state index is 9.18. The lowest BCUT2D eigenvalue weighted by molar-refractivity contribution is -1.62. The average molecular weight is 208 g/mol. The summed E-state index contributed by atoms with van der Waals surface area (Å²) in [6, 6.07) is 0. The summed E-state index contributed by atoms with van der Waals surface area (Å²) in [7, 11) is 0. The van der Waals surface area contributed by atoms with Gasteiger partial charge in [0.1, 0.15) is 0 Å². The predicted octanol–water partition coefficient (Wildman–Crippen LogP) is -1.60. The molecular formula is Br2O3. The molecule has 0 atom stereocenters. The van der Waals surface area contributed by atoms with E-state index < -0.39 is 14.8 Å². The molecule has 0 bridgehead atoms. The van der Waals surface area contributed by atoms with Crippen molar-refractivity contribution in [2.24, 2.45) is 0 Å². The Kier molecular flexibility index (Phi) is 3.56. The summed E-state index contributed by atoms with van der Waals surface area (Å²) in [6.07, 6.45) is 0. The fraction of sp³-hybridized carbons (Fsp3) is 0. The van der Waals surface area contributed by atoms with Gasteiger partial charge in [0.05, 0.1) is 2.92 Å². The van der Waals surface area contributed by atoms with Crippen molar-refractivity contribution < 1.29 is 26.1 Å². The van der Waals surface area contributed by atoms with Gasteiger partial charge in [0.2, 0.25) is 16.3 Å². The van der Waals surface area contributed by atoms with Gasteiger partial charge in [-0.3, -0.25) is 0 Å². The van der Waals surface area contributed by atoms with Gasteiger partial charge in [-0.1, -0.05) is 0 Å². The largest absolute Gasteiger partial charge is 0.453 e. The Morgan fingerprint density at radius 1 is 1.60 bits per heavy atom. The molecule has 0 saturated carbocycles. The molecule has 3 nitrogen and oxygen atoms in total. The minimum atomic E-state index is -2.97.